The Kier molecular flexibility index (Phi) is 6.68. The van der Waals surface area contributed by atoms with E-state index in [9.17, 15) is 18.8 Å². The first-order valence-corrected chi connectivity index (χ1v) is 13.4. The third kappa shape index (κ3) is 4.94. The summed E-state index contributed by atoms with van der Waals surface area (Å²) >= 11 is 0. The summed E-state index contributed by atoms with van der Waals surface area (Å²) in [5.41, 5.74) is 0.518. The molecule has 0 radical (unpaired) electrons. The summed E-state index contributed by atoms with van der Waals surface area (Å²) in [4.78, 5) is 42.3. The van der Waals surface area contributed by atoms with Crippen LogP contribution in [0.5, 0.6) is 5.75 Å². The molecule has 1 saturated carbocycles. The monoisotopic (exact) mass is 531 g/mol. The van der Waals surface area contributed by atoms with Crippen molar-refractivity contribution in [2.24, 2.45) is 0 Å². The number of nitrogens with one attached hydrogen (secondary N) is 1. The number of rotatable bonds is 6. The third-order valence-corrected chi connectivity index (χ3v) is 7.85. The molecule has 1 N–H and O–H groups in total. The number of ether oxygens (including phenoxy) is 2. The molecule has 1 saturated heterocycles. The maximum absolute atomic E-state index is 13.8. The average molecular weight is 532 g/mol. The molecule has 9 heteroatoms. The van der Waals surface area contributed by atoms with Gasteiger partial charge in [0.2, 0.25) is 5.43 Å². The van der Waals surface area contributed by atoms with Gasteiger partial charge >= 0.3 is 0 Å². The first kappa shape index (κ1) is 25.3. The van der Waals surface area contributed by atoms with E-state index in [-0.39, 0.29) is 47.5 Å². The fourth-order valence-electron chi connectivity index (χ4n) is 5.82. The fourth-order valence-corrected chi connectivity index (χ4v) is 5.82. The Labute approximate surface area is 225 Å². The molecular formula is C30H30FN3O5. The van der Waals surface area contributed by atoms with Crippen LogP contribution in [0.2, 0.25) is 0 Å². The lowest BCUT2D eigenvalue weighted by molar-refractivity contribution is -0.0797. The van der Waals surface area contributed by atoms with Crippen molar-refractivity contribution < 1.29 is 23.5 Å². The van der Waals surface area contributed by atoms with E-state index < -0.39 is 17.6 Å². The van der Waals surface area contributed by atoms with E-state index in [1.165, 1.54) is 18.3 Å². The molecule has 3 aliphatic rings. The molecule has 2 amide bonds. The number of fused-ring (bicyclic) bond motifs is 2. The van der Waals surface area contributed by atoms with Gasteiger partial charge in [0.25, 0.3) is 11.8 Å². The molecule has 1 aliphatic carbocycles. The molecular weight excluding hydrogens is 501 g/mol. The SMILES string of the molecule is O=C(NCc1ccc(F)cc1)c1cn2c(c(OCc3ccccc3)c1=O)C(=O)N1CC3(CCCCC3)OC1C2. The second-order valence-electron chi connectivity index (χ2n) is 10.5. The number of amides is 2. The number of hydrogen-bond donors (Lipinski definition) is 1. The van der Waals surface area contributed by atoms with Crippen LogP contribution in [-0.2, 0) is 24.4 Å². The van der Waals surface area contributed by atoms with E-state index >= 15 is 0 Å². The van der Waals surface area contributed by atoms with Crippen molar-refractivity contribution in [3.8, 4) is 5.75 Å². The van der Waals surface area contributed by atoms with E-state index in [0.717, 1.165) is 37.7 Å². The van der Waals surface area contributed by atoms with Crippen molar-refractivity contribution in [1.29, 1.82) is 0 Å². The molecule has 1 spiro atoms. The maximum atomic E-state index is 13.8. The summed E-state index contributed by atoms with van der Waals surface area (Å²) in [5.74, 6) is -1.44. The highest BCUT2D eigenvalue weighted by molar-refractivity contribution is 5.99. The van der Waals surface area contributed by atoms with E-state index in [1.54, 1.807) is 21.6 Å². The molecule has 3 aromatic rings. The van der Waals surface area contributed by atoms with Gasteiger partial charge in [0.15, 0.2) is 17.7 Å². The van der Waals surface area contributed by atoms with E-state index in [4.69, 9.17) is 9.47 Å². The van der Waals surface area contributed by atoms with Gasteiger partial charge in [-0.2, -0.15) is 0 Å². The van der Waals surface area contributed by atoms with E-state index in [1.807, 2.05) is 30.3 Å². The van der Waals surface area contributed by atoms with Crippen molar-refractivity contribution in [2.75, 3.05) is 6.54 Å². The van der Waals surface area contributed by atoms with Gasteiger partial charge in [0, 0.05) is 12.7 Å². The number of hydrogen-bond acceptors (Lipinski definition) is 5. The molecule has 2 fully saturated rings. The maximum Gasteiger partial charge on any atom is 0.276 e. The summed E-state index contributed by atoms with van der Waals surface area (Å²) in [7, 11) is 0. The molecule has 1 aromatic heterocycles. The van der Waals surface area contributed by atoms with Crippen LogP contribution in [0.3, 0.4) is 0 Å². The number of carbonyl (C=O) groups excluding carboxylic acids is 2. The first-order chi connectivity index (χ1) is 18.9. The topological polar surface area (TPSA) is 89.9 Å². The summed E-state index contributed by atoms with van der Waals surface area (Å²) in [5, 5.41) is 2.73. The zero-order valence-electron chi connectivity index (χ0n) is 21.5. The van der Waals surface area contributed by atoms with Gasteiger partial charge in [0.1, 0.15) is 18.0 Å². The number of carbonyl (C=O) groups is 2. The van der Waals surface area contributed by atoms with Gasteiger partial charge in [-0.3, -0.25) is 14.4 Å². The normalized spacial score (nSPS) is 19.5. The van der Waals surface area contributed by atoms with E-state index in [0.29, 0.717) is 18.7 Å². The second kappa shape index (κ2) is 10.3. The smallest absolute Gasteiger partial charge is 0.276 e. The van der Waals surface area contributed by atoms with Gasteiger partial charge in [0.05, 0.1) is 18.7 Å². The summed E-state index contributed by atoms with van der Waals surface area (Å²) in [6, 6.07) is 15.1. The standard InChI is InChI=1S/C30H30FN3O5/c31-22-11-9-20(10-12-22)15-32-28(36)23-16-33-17-24-34(19-30(39-24)13-5-2-6-14-30)29(37)25(33)27(26(23)35)38-18-21-7-3-1-4-8-21/h1,3-4,7-12,16,24H,2,5-6,13-15,17-19H2,(H,32,36). The zero-order valence-corrected chi connectivity index (χ0v) is 21.5. The van der Waals surface area contributed by atoms with Crippen LogP contribution in [0.25, 0.3) is 0 Å². The first-order valence-electron chi connectivity index (χ1n) is 13.4. The summed E-state index contributed by atoms with van der Waals surface area (Å²) in [6.45, 7) is 0.966. The molecule has 202 valence electrons. The van der Waals surface area contributed by atoms with Gasteiger partial charge in [-0.15, -0.1) is 0 Å². The average Bonchev–Trinajstić information content (AvgIpc) is 3.30. The minimum Gasteiger partial charge on any atom is -0.483 e. The van der Waals surface area contributed by atoms with Crippen molar-refractivity contribution >= 4 is 11.8 Å². The largest absolute Gasteiger partial charge is 0.483 e. The lowest BCUT2D eigenvalue weighted by atomic mass is 9.85. The molecule has 3 heterocycles. The number of benzene rings is 2. The Balaban J connectivity index is 1.33. The Morgan fingerprint density at radius 1 is 1.03 bits per heavy atom. The van der Waals surface area contributed by atoms with Gasteiger partial charge in [-0.05, 0) is 36.1 Å². The van der Waals surface area contributed by atoms with Gasteiger partial charge in [-0.25, -0.2) is 4.39 Å². The van der Waals surface area contributed by atoms with Crippen LogP contribution in [-0.4, -0.2) is 39.7 Å². The molecule has 39 heavy (non-hydrogen) atoms. The lowest BCUT2D eigenvalue weighted by Crippen LogP contribution is -2.47. The van der Waals surface area contributed by atoms with Crippen LogP contribution in [0.15, 0.2) is 65.6 Å². The molecule has 6 rings (SSSR count). The molecule has 2 aliphatic heterocycles. The molecule has 1 unspecified atom stereocenters. The van der Waals surface area contributed by atoms with Crippen LogP contribution in [0, 0.1) is 5.82 Å². The Hall–Kier alpha value is -3.98. The molecule has 1 atom stereocenters. The van der Waals surface area contributed by atoms with Crippen LogP contribution in [0.1, 0.15) is 64.1 Å². The minimum atomic E-state index is -0.645. The highest BCUT2D eigenvalue weighted by atomic mass is 19.1. The minimum absolute atomic E-state index is 0.0703. The predicted molar refractivity (Wildman–Crippen MR) is 141 cm³/mol. The number of pyridine rings is 1. The van der Waals surface area contributed by atoms with Crippen molar-refractivity contribution in [2.45, 2.75) is 63.6 Å². The Bertz CT molecular complexity index is 1450. The molecule has 0 bridgehead atoms. The summed E-state index contributed by atoms with van der Waals surface area (Å²) < 4.78 is 27.4. The van der Waals surface area contributed by atoms with Crippen LogP contribution in [0.4, 0.5) is 4.39 Å². The molecule has 2 aromatic carbocycles. The van der Waals surface area contributed by atoms with Crippen molar-refractivity contribution in [1.82, 2.24) is 14.8 Å². The number of aromatic nitrogens is 1. The van der Waals surface area contributed by atoms with Gasteiger partial charge in [-0.1, -0.05) is 61.7 Å². The summed E-state index contributed by atoms with van der Waals surface area (Å²) in [6.07, 6.45) is 6.03. The third-order valence-electron chi connectivity index (χ3n) is 7.85. The zero-order chi connectivity index (χ0) is 27.0. The quantitative estimate of drug-likeness (QED) is 0.519. The van der Waals surface area contributed by atoms with Crippen molar-refractivity contribution in [3.63, 3.8) is 0 Å². The highest BCUT2D eigenvalue weighted by Gasteiger charge is 2.50. The lowest BCUT2D eigenvalue weighted by Gasteiger charge is -2.32. The predicted octanol–water partition coefficient (Wildman–Crippen LogP) is 4.01. The van der Waals surface area contributed by atoms with Crippen molar-refractivity contribution in [3.05, 3.63) is 99.2 Å². The van der Waals surface area contributed by atoms with E-state index in [2.05, 4.69) is 5.32 Å². The van der Waals surface area contributed by atoms with Crippen LogP contribution >= 0.6 is 0 Å². The number of halogens is 1. The number of nitrogens with zero attached hydrogens (tertiary/aromatic N) is 2. The second-order valence-corrected chi connectivity index (χ2v) is 10.5. The van der Waals surface area contributed by atoms with Crippen LogP contribution < -0.4 is 15.5 Å². The Morgan fingerprint density at radius 2 is 1.77 bits per heavy atom. The van der Waals surface area contributed by atoms with Gasteiger partial charge < -0.3 is 24.3 Å². The Morgan fingerprint density at radius 3 is 2.51 bits per heavy atom. The molecule has 8 nitrogen and oxygen atoms in total. The highest BCUT2D eigenvalue weighted by Crippen LogP contribution is 2.41. The fraction of sp³-hybridized carbons (Fsp3) is 0.367.